The molecule has 0 heterocycles. The van der Waals surface area contributed by atoms with Crippen LogP contribution in [-0.4, -0.2) is 25.6 Å². The molecule has 0 radical (unpaired) electrons. The van der Waals surface area contributed by atoms with Gasteiger partial charge in [-0.05, 0) is 66.9 Å². The highest BCUT2D eigenvalue weighted by molar-refractivity contribution is 7.27. The molecule has 0 saturated carbocycles. The molecule has 2 unspecified atom stereocenters. The second-order valence-electron chi connectivity index (χ2n) is 8.66. The van der Waals surface area contributed by atoms with E-state index in [0.29, 0.717) is 56.8 Å². The summed E-state index contributed by atoms with van der Waals surface area (Å²) in [6.45, 7) is 3.65. The van der Waals surface area contributed by atoms with Crippen LogP contribution in [0.5, 0.6) is 34.5 Å². The van der Waals surface area contributed by atoms with E-state index >= 15 is 0 Å². The number of benzene rings is 4. The van der Waals surface area contributed by atoms with Crippen LogP contribution in [0.25, 0.3) is 11.1 Å². The number of ether oxygens (including phenoxy) is 2. The van der Waals surface area contributed by atoms with Gasteiger partial charge in [-0.2, -0.15) is 0 Å². The smallest absolute Gasteiger partial charge is 0.275 e. The summed E-state index contributed by atoms with van der Waals surface area (Å²) in [5, 5.41) is 9.99. The molecular weight excluding hydrogens is 550 g/mol. The number of aliphatic hydroxyl groups is 1. The van der Waals surface area contributed by atoms with Crippen molar-refractivity contribution in [2.75, 3.05) is 14.2 Å². The Kier molecular flexibility index (Phi) is 10.2. The van der Waals surface area contributed by atoms with Gasteiger partial charge in [0.25, 0.3) is 18.1 Å². The lowest BCUT2D eigenvalue weighted by Crippen LogP contribution is -2.00. The lowest BCUT2D eigenvalue weighted by atomic mass is 9.98. The Morgan fingerprint density at radius 1 is 0.675 bits per heavy atom. The van der Waals surface area contributed by atoms with Crippen LogP contribution in [-0.2, 0) is 6.61 Å². The Balaban J connectivity index is 1.75. The average Bonchev–Trinajstić information content (AvgIpc) is 2.98. The number of hydrogen-bond acceptors (Lipinski definition) is 8. The molecule has 4 aromatic carbocycles. The van der Waals surface area contributed by atoms with Gasteiger partial charge in [-0.1, -0.05) is 36.4 Å². The number of aldehydes is 1. The highest BCUT2D eigenvalue weighted by atomic mass is 31.1. The number of aryl methyl sites for hydroxylation is 2. The number of carbonyl (C=O) groups is 1. The number of aliphatic hydroxyl groups excluding tert-OH is 1. The summed E-state index contributed by atoms with van der Waals surface area (Å²) in [4.78, 5) is 11.9. The van der Waals surface area contributed by atoms with E-state index in [4.69, 9.17) is 27.6 Å². The van der Waals surface area contributed by atoms with E-state index in [9.17, 15) is 9.90 Å². The van der Waals surface area contributed by atoms with Gasteiger partial charge in [0.15, 0.2) is 23.0 Å². The van der Waals surface area contributed by atoms with Crippen molar-refractivity contribution in [3.05, 3.63) is 95.1 Å². The topological polar surface area (TPSA) is 92.7 Å². The summed E-state index contributed by atoms with van der Waals surface area (Å²) in [7, 11) is 2.17. The zero-order valence-corrected chi connectivity index (χ0v) is 24.5. The van der Waals surface area contributed by atoms with Crippen LogP contribution < -0.4 is 27.6 Å². The third-order valence-electron chi connectivity index (χ3n) is 6.02. The standard InChI is InChI=1S/C30H30O8P2/c1-19-9-5-7-11-25(19)35-39-37-29-23(13-21(17-31)15-27(29)33-3)24-14-22(18-32)16-28(34-4)30(24)38-40-36-26-12-8-6-10-20(26)2/h5-17,32,39-40H,18H2,1-4H3. The van der Waals surface area contributed by atoms with Gasteiger partial charge in [-0.25, -0.2) is 0 Å². The first kappa shape index (κ1) is 29.2. The molecule has 1 N–H and O–H groups in total. The van der Waals surface area contributed by atoms with Crippen LogP contribution in [0.2, 0.25) is 0 Å². The third-order valence-corrected chi connectivity index (χ3v) is 7.20. The minimum Gasteiger partial charge on any atom is -0.493 e. The molecule has 0 spiro atoms. The Morgan fingerprint density at radius 2 is 1.18 bits per heavy atom. The van der Waals surface area contributed by atoms with Crippen molar-refractivity contribution in [3.63, 3.8) is 0 Å². The van der Waals surface area contributed by atoms with Crippen LogP contribution >= 0.6 is 18.1 Å². The van der Waals surface area contributed by atoms with Gasteiger partial charge in [0, 0.05) is 16.7 Å². The van der Waals surface area contributed by atoms with Crippen LogP contribution in [0.4, 0.5) is 0 Å². The quantitative estimate of drug-likeness (QED) is 0.131. The van der Waals surface area contributed by atoms with Gasteiger partial charge in [-0.3, -0.25) is 4.79 Å². The highest BCUT2D eigenvalue weighted by Gasteiger charge is 2.23. The fourth-order valence-electron chi connectivity index (χ4n) is 3.91. The Labute approximate surface area is 237 Å². The normalized spacial score (nSPS) is 11.1. The molecular formula is C30H30O8P2. The second-order valence-corrected chi connectivity index (χ2v) is 9.81. The lowest BCUT2D eigenvalue weighted by Gasteiger charge is -2.20. The van der Waals surface area contributed by atoms with E-state index in [0.717, 1.165) is 17.4 Å². The number of carbonyl (C=O) groups excluding carboxylic acids is 1. The summed E-state index contributed by atoms with van der Waals surface area (Å²) in [5.41, 5.74) is 3.87. The average molecular weight is 581 g/mol. The Bertz CT molecular complexity index is 1470. The van der Waals surface area contributed by atoms with Gasteiger partial charge in [-0.15, -0.1) is 0 Å². The third kappa shape index (κ3) is 6.83. The molecule has 0 aliphatic heterocycles. The molecule has 40 heavy (non-hydrogen) atoms. The van der Waals surface area contributed by atoms with E-state index in [-0.39, 0.29) is 6.61 Å². The number of hydrogen-bond donors (Lipinski definition) is 1. The summed E-state index contributed by atoms with van der Waals surface area (Å²) >= 11 is 0. The Morgan fingerprint density at radius 3 is 1.65 bits per heavy atom. The maximum atomic E-state index is 11.9. The predicted octanol–water partition coefficient (Wildman–Crippen LogP) is 7.23. The second kappa shape index (κ2) is 14.0. The lowest BCUT2D eigenvalue weighted by molar-refractivity contribution is 0.112. The van der Waals surface area contributed by atoms with Gasteiger partial charge >= 0.3 is 0 Å². The van der Waals surface area contributed by atoms with E-state index < -0.39 is 18.1 Å². The zero-order valence-electron chi connectivity index (χ0n) is 22.5. The molecule has 208 valence electrons. The largest absolute Gasteiger partial charge is 0.493 e. The first-order chi connectivity index (χ1) is 19.5. The van der Waals surface area contributed by atoms with Crippen LogP contribution in [0.3, 0.4) is 0 Å². The highest BCUT2D eigenvalue weighted by Crippen LogP contribution is 2.49. The fourth-order valence-corrected chi connectivity index (χ4v) is 5.22. The van der Waals surface area contributed by atoms with Crippen molar-refractivity contribution in [2.24, 2.45) is 0 Å². The van der Waals surface area contributed by atoms with Gasteiger partial charge in [0.05, 0.1) is 20.8 Å². The van der Waals surface area contributed by atoms with Crippen LogP contribution in [0.15, 0.2) is 72.8 Å². The molecule has 0 fully saturated rings. The van der Waals surface area contributed by atoms with Gasteiger partial charge in [0.1, 0.15) is 17.8 Å². The Hall–Kier alpha value is -3.83. The molecule has 0 aromatic heterocycles. The summed E-state index contributed by atoms with van der Waals surface area (Å²) in [6.07, 6.45) is 0.721. The fraction of sp³-hybridized carbons (Fsp3) is 0.167. The molecule has 8 nitrogen and oxygen atoms in total. The molecule has 10 heteroatoms. The molecule has 0 aliphatic carbocycles. The first-order valence-electron chi connectivity index (χ1n) is 12.3. The zero-order chi connectivity index (χ0) is 28.5. The monoisotopic (exact) mass is 580 g/mol. The SMILES string of the molecule is COc1cc(C=O)cc(-c2cc(CO)cc(OC)c2OPOc2ccccc2C)c1OPOc1ccccc1C. The van der Waals surface area contributed by atoms with E-state index in [1.165, 1.54) is 14.2 Å². The molecule has 0 aliphatic rings. The van der Waals surface area contributed by atoms with Crippen molar-refractivity contribution in [1.29, 1.82) is 0 Å². The van der Waals surface area contributed by atoms with Crippen molar-refractivity contribution in [3.8, 4) is 45.6 Å². The molecule has 2 atom stereocenters. The molecule has 0 saturated heterocycles. The molecule has 4 rings (SSSR count). The van der Waals surface area contributed by atoms with Crippen LogP contribution in [0.1, 0.15) is 27.0 Å². The molecule has 4 aromatic rings. The van der Waals surface area contributed by atoms with Gasteiger partial charge < -0.3 is 32.7 Å². The maximum absolute atomic E-state index is 11.9. The van der Waals surface area contributed by atoms with E-state index in [1.807, 2.05) is 62.4 Å². The summed E-state index contributed by atoms with van der Waals surface area (Å²) in [6, 6.07) is 21.9. The maximum Gasteiger partial charge on any atom is 0.275 e. The number of para-hydroxylation sites is 2. The van der Waals surface area contributed by atoms with Crippen molar-refractivity contribution in [1.82, 2.24) is 0 Å². The van der Waals surface area contributed by atoms with Crippen LogP contribution in [0, 0.1) is 13.8 Å². The first-order valence-corrected chi connectivity index (χ1v) is 13.9. The molecule has 0 amide bonds. The van der Waals surface area contributed by atoms with E-state index in [2.05, 4.69) is 0 Å². The van der Waals surface area contributed by atoms with Crippen molar-refractivity contribution < 1.29 is 37.5 Å². The summed E-state index contributed by atoms with van der Waals surface area (Å²) < 4.78 is 35.3. The van der Waals surface area contributed by atoms with E-state index in [1.54, 1.807) is 24.3 Å². The number of rotatable bonds is 13. The van der Waals surface area contributed by atoms with Crippen molar-refractivity contribution >= 4 is 24.4 Å². The molecule has 0 bridgehead atoms. The predicted molar refractivity (Wildman–Crippen MR) is 158 cm³/mol. The minimum absolute atomic E-state index is 0.246. The summed E-state index contributed by atoms with van der Waals surface area (Å²) in [5.74, 6) is 2.78. The van der Waals surface area contributed by atoms with Crippen molar-refractivity contribution in [2.45, 2.75) is 20.5 Å². The number of methoxy groups -OCH3 is 2. The van der Waals surface area contributed by atoms with Gasteiger partial charge in [0.2, 0.25) is 0 Å². The minimum atomic E-state index is -0.419.